The van der Waals surface area contributed by atoms with Gasteiger partial charge in [0.25, 0.3) is 0 Å². The Labute approximate surface area is 93.2 Å². The van der Waals surface area contributed by atoms with Crippen LogP contribution in [0, 0.1) is 6.92 Å². The number of aryl methyl sites for hydroxylation is 1. The first-order chi connectivity index (χ1) is 7.10. The highest BCUT2D eigenvalue weighted by molar-refractivity contribution is 7.10. The van der Waals surface area contributed by atoms with Crippen molar-refractivity contribution < 1.29 is 4.79 Å². The zero-order chi connectivity index (χ0) is 10.9. The van der Waals surface area contributed by atoms with Crippen LogP contribution in [0.25, 0.3) is 0 Å². The summed E-state index contributed by atoms with van der Waals surface area (Å²) in [5, 5.41) is 6.96. The van der Waals surface area contributed by atoms with Gasteiger partial charge in [0.2, 0.25) is 5.91 Å². The molecule has 1 aliphatic heterocycles. The highest BCUT2D eigenvalue weighted by Gasteiger charge is 2.35. The van der Waals surface area contributed by atoms with Crippen molar-refractivity contribution in [3.05, 3.63) is 11.8 Å². The molecule has 2 heterocycles. The van der Waals surface area contributed by atoms with Crippen LogP contribution < -0.4 is 10.6 Å². The van der Waals surface area contributed by atoms with Gasteiger partial charge in [-0.1, -0.05) is 0 Å². The molecule has 5 heteroatoms. The van der Waals surface area contributed by atoms with Crippen LogP contribution in [0.2, 0.25) is 0 Å². The molecule has 1 atom stereocenters. The number of nitrogens with one attached hydrogen (secondary N) is 2. The maximum Gasteiger partial charge on any atom is 0.245 e. The number of nitrogens with zero attached hydrogens (tertiary/aromatic N) is 1. The Morgan fingerprint density at radius 3 is 3.07 bits per heavy atom. The first-order valence-corrected chi connectivity index (χ1v) is 5.87. The lowest BCUT2D eigenvalue weighted by atomic mass is 9.99. The molecule has 1 fully saturated rings. The average Bonchev–Trinajstić information content (AvgIpc) is 2.76. The van der Waals surface area contributed by atoms with Crippen LogP contribution in [0.15, 0.2) is 6.07 Å². The third-order valence-corrected chi connectivity index (χ3v) is 3.53. The molecule has 2 N–H and O–H groups in total. The fourth-order valence-corrected chi connectivity index (χ4v) is 2.42. The first-order valence-electron chi connectivity index (χ1n) is 5.10. The van der Waals surface area contributed by atoms with Gasteiger partial charge in [0.05, 0.1) is 11.2 Å². The van der Waals surface area contributed by atoms with Crippen molar-refractivity contribution in [2.24, 2.45) is 0 Å². The molecule has 4 nitrogen and oxygen atoms in total. The number of rotatable bonds is 2. The van der Waals surface area contributed by atoms with Crippen molar-refractivity contribution in [1.29, 1.82) is 0 Å². The van der Waals surface area contributed by atoms with Crippen molar-refractivity contribution in [2.75, 3.05) is 11.9 Å². The molecule has 0 saturated carbocycles. The van der Waals surface area contributed by atoms with Crippen molar-refractivity contribution in [3.8, 4) is 0 Å². The molecule has 0 spiro atoms. The van der Waals surface area contributed by atoms with Crippen LogP contribution in [0.1, 0.15) is 25.5 Å². The minimum atomic E-state index is -0.405. The number of anilines is 1. The van der Waals surface area contributed by atoms with E-state index in [0.717, 1.165) is 30.1 Å². The molecule has 1 amide bonds. The summed E-state index contributed by atoms with van der Waals surface area (Å²) < 4.78 is 4.13. The summed E-state index contributed by atoms with van der Waals surface area (Å²) in [6.07, 6.45) is 1.96. The van der Waals surface area contributed by atoms with Gasteiger partial charge in [-0.15, -0.1) is 0 Å². The summed E-state index contributed by atoms with van der Waals surface area (Å²) in [4.78, 5) is 12.0. The van der Waals surface area contributed by atoms with E-state index in [9.17, 15) is 4.79 Å². The number of hydrogen-bond acceptors (Lipinski definition) is 4. The zero-order valence-electron chi connectivity index (χ0n) is 8.96. The standard InChI is InChI=1S/C10H15N3OS/c1-7-6-8(15-13-7)12-9(14)10(2)4-3-5-11-10/h6,11H,3-5H2,1-2H3,(H,12,14). The molecule has 1 aromatic rings. The second kappa shape index (κ2) is 3.90. The fourth-order valence-electron chi connectivity index (χ4n) is 1.76. The molecule has 1 unspecified atom stereocenters. The first kappa shape index (κ1) is 10.6. The Morgan fingerprint density at radius 2 is 2.53 bits per heavy atom. The SMILES string of the molecule is Cc1cc(NC(=O)C2(C)CCCN2)sn1. The topological polar surface area (TPSA) is 54.0 Å². The van der Waals surface area contributed by atoms with Crippen molar-refractivity contribution in [3.63, 3.8) is 0 Å². The highest BCUT2D eigenvalue weighted by atomic mass is 32.1. The third-order valence-electron chi connectivity index (χ3n) is 2.73. The molecule has 1 aliphatic rings. The van der Waals surface area contributed by atoms with Gasteiger partial charge in [-0.2, -0.15) is 4.37 Å². The molecular formula is C10H15N3OS. The summed E-state index contributed by atoms with van der Waals surface area (Å²) in [6.45, 7) is 4.79. The van der Waals surface area contributed by atoms with Gasteiger partial charge in [-0.25, -0.2) is 0 Å². The maximum absolute atomic E-state index is 12.0. The van der Waals surface area contributed by atoms with E-state index in [4.69, 9.17) is 0 Å². The Morgan fingerprint density at radius 1 is 1.73 bits per heavy atom. The lowest BCUT2D eigenvalue weighted by Crippen LogP contribution is -2.47. The van der Waals surface area contributed by atoms with E-state index in [-0.39, 0.29) is 5.91 Å². The van der Waals surface area contributed by atoms with Crippen LogP contribution in [0.5, 0.6) is 0 Å². The molecule has 1 aromatic heterocycles. The van der Waals surface area contributed by atoms with Gasteiger partial charge in [0, 0.05) is 0 Å². The lowest BCUT2D eigenvalue weighted by molar-refractivity contribution is -0.121. The van der Waals surface area contributed by atoms with Crippen molar-refractivity contribution >= 4 is 22.4 Å². The van der Waals surface area contributed by atoms with E-state index in [0.29, 0.717) is 0 Å². The predicted molar refractivity (Wildman–Crippen MR) is 61.1 cm³/mol. The molecule has 0 aliphatic carbocycles. The van der Waals surface area contributed by atoms with Crippen molar-refractivity contribution in [1.82, 2.24) is 9.69 Å². The molecule has 15 heavy (non-hydrogen) atoms. The summed E-state index contributed by atoms with van der Waals surface area (Å²) in [7, 11) is 0. The number of hydrogen-bond donors (Lipinski definition) is 2. The quantitative estimate of drug-likeness (QED) is 0.802. The van der Waals surface area contributed by atoms with E-state index in [1.807, 2.05) is 19.9 Å². The fraction of sp³-hybridized carbons (Fsp3) is 0.600. The molecule has 2 rings (SSSR count). The molecule has 0 bridgehead atoms. The molecule has 0 aromatic carbocycles. The predicted octanol–water partition coefficient (Wildman–Crippen LogP) is 1.53. The minimum Gasteiger partial charge on any atom is -0.315 e. The third kappa shape index (κ3) is 2.18. The van der Waals surface area contributed by atoms with E-state index in [1.165, 1.54) is 11.5 Å². The number of amides is 1. The van der Waals surface area contributed by atoms with E-state index in [1.54, 1.807) is 0 Å². The Hall–Kier alpha value is -0.940. The van der Waals surface area contributed by atoms with Gasteiger partial charge in [0.1, 0.15) is 5.00 Å². The lowest BCUT2D eigenvalue weighted by Gasteiger charge is -2.22. The van der Waals surface area contributed by atoms with Gasteiger partial charge < -0.3 is 10.6 Å². The van der Waals surface area contributed by atoms with Gasteiger partial charge in [0.15, 0.2) is 0 Å². The van der Waals surface area contributed by atoms with Crippen LogP contribution in [0.3, 0.4) is 0 Å². The number of carbonyl (C=O) groups is 1. The number of carbonyl (C=O) groups excluding carboxylic acids is 1. The van der Waals surface area contributed by atoms with Crippen LogP contribution in [0.4, 0.5) is 5.00 Å². The molecule has 82 valence electrons. The molecular weight excluding hydrogens is 210 g/mol. The largest absolute Gasteiger partial charge is 0.315 e. The second-order valence-electron chi connectivity index (χ2n) is 4.15. The normalized spacial score (nSPS) is 25.5. The van der Waals surface area contributed by atoms with E-state index in [2.05, 4.69) is 15.0 Å². The van der Waals surface area contributed by atoms with Gasteiger partial charge in [-0.3, -0.25) is 4.79 Å². The monoisotopic (exact) mass is 225 g/mol. The van der Waals surface area contributed by atoms with E-state index < -0.39 is 5.54 Å². The van der Waals surface area contributed by atoms with Gasteiger partial charge >= 0.3 is 0 Å². The zero-order valence-corrected chi connectivity index (χ0v) is 9.78. The van der Waals surface area contributed by atoms with Crippen LogP contribution >= 0.6 is 11.5 Å². The van der Waals surface area contributed by atoms with Crippen LogP contribution in [-0.2, 0) is 4.79 Å². The maximum atomic E-state index is 12.0. The second-order valence-corrected chi connectivity index (χ2v) is 4.95. The average molecular weight is 225 g/mol. The number of aromatic nitrogens is 1. The Bertz CT molecular complexity index is 368. The minimum absolute atomic E-state index is 0.0450. The molecule has 1 saturated heterocycles. The summed E-state index contributed by atoms with van der Waals surface area (Å²) in [5.74, 6) is 0.0450. The van der Waals surface area contributed by atoms with Crippen LogP contribution in [-0.4, -0.2) is 22.4 Å². The summed E-state index contributed by atoms with van der Waals surface area (Å²) in [6, 6.07) is 1.89. The smallest absolute Gasteiger partial charge is 0.245 e. The summed E-state index contributed by atoms with van der Waals surface area (Å²) in [5.41, 5.74) is 0.539. The van der Waals surface area contributed by atoms with Crippen molar-refractivity contribution in [2.45, 2.75) is 32.2 Å². The van der Waals surface area contributed by atoms with E-state index >= 15 is 0 Å². The Balaban J connectivity index is 2.03. The highest BCUT2D eigenvalue weighted by Crippen LogP contribution is 2.22. The van der Waals surface area contributed by atoms with Gasteiger partial charge in [-0.05, 0) is 50.8 Å². The Kier molecular flexibility index (Phi) is 2.75. The molecule has 0 radical (unpaired) electrons. The summed E-state index contributed by atoms with van der Waals surface area (Å²) >= 11 is 1.33.